The second kappa shape index (κ2) is 9.63. The van der Waals surface area contributed by atoms with Crippen LogP contribution in [0, 0.1) is 5.82 Å². The number of imide groups is 1. The zero-order valence-electron chi connectivity index (χ0n) is 14.2. The number of benzene rings is 2. The first-order valence-electron chi connectivity index (χ1n) is 7.68. The summed E-state index contributed by atoms with van der Waals surface area (Å²) in [5.41, 5.74) is 0.349. The lowest BCUT2D eigenvalue weighted by Gasteiger charge is -2.08. The molecule has 0 heterocycles. The van der Waals surface area contributed by atoms with Crippen LogP contribution in [-0.2, 0) is 14.3 Å². The van der Waals surface area contributed by atoms with Crippen molar-refractivity contribution in [3.8, 4) is 5.75 Å². The molecule has 8 heteroatoms. The first-order valence-corrected chi connectivity index (χ1v) is 8.47. The topological polar surface area (TPSA) is 81.7 Å². The summed E-state index contributed by atoms with van der Waals surface area (Å²) in [6, 6.07) is 10.6. The molecular formula is C19H15BrFNO5. The Bertz CT molecular complexity index is 897. The highest BCUT2D eigenvalue weighted by Gasteiger charge is 2.15. The zero-order chi connectivity index (χ0) is 19.8. The molecule has 0 unspecified atom stereocenters. The number of ether oxygens (including phenoxy) is 2. The summed E-state index contributed by atoms with van der Waals surface area (Å²) in [6.07, 6.45) is 2.21. The van der Waals surface area contributed by atoms with E-state index >= 15 is 0 Å². The number of halogens is 2. The highest BCUT2D eigenvalue weighted by atomic mass is 79.9. The molecule has 0 fully saturated rings. The molecule has 2 rings (SSSR count). The number of rotatable bonds is 6. The van der Waals surface area contributed by atoms with Crippen molar-refractivity contribution >= 4 is 39.8 Å². The van der Waals surface area contributed by atoms with Crippen LogP contribution < -0.4 is 10.1 Å². The molecule has 0 aliphatic rings. The van der Waals surface area contributed by atoms with E-state index < -0.39 is 30.2 Å². The van der Waals surface area contributed by atoms with Crippen molar-refractivity contribution in [2.24, 2.45) is 0 Å². The summed E-state index contributed by atoms with van der Waals surface area (Å²) in [6.45, 7) is -0.662. The van der Waals surface area contributed by atoms with Gasteiger partial charge in [-0.25, -0.2) is 9.18 Å². The van der Waals surface area contributed by atoms with Crippen LogP contribution in [0.15, 0.2) is 53.0 Å². The molecule has 27 heavy (non-hydrogen) atoms. The normalized spacial score (nSPS) is 10.5. The van der Waals surface area contributed by atoms with Crippen molar-refractivity contribution in [3.63, 3.8) is 0 Å². The third kappa shape index (κ3) is 6.03. The van der Waals surface area contributed by atoms with Gasteiger partial charge in [-0.3, -0.25) is 14.9 Å². The van der Waals surface area contributed by atoms with E-state index in [1.54, 1.807) is 18.2 Å². The minimum atomic E-state index is -0.853. The Kier molecular flexibility index (Phi) is 7.25. The molecule has 0 spiro atoms. The van der Waals surface area contributed by atoms with Gasteiger partial charge in [0.05, 0.1) is 12.7 Å². The Balaban J connectivity index is 1.87. The maximum atomic E-state index is 13.6. The molecular weight excluding hydrogens is 421 g/mol. The van der Waals surface area contributed by atoms with E-state index in [4.69, 9.17) is 9.47 Å². The van der Waals surface area contributed by atoms with Crippen molar-refractivity contribution in [1.82, 2.24) is 5.32 Å². The zero-order valence-corrected chi connectivity index (χ0v) is 15.8. The predicted molar refractivity (Wildman–Crippen MR) is 99.6 cm³/mol. The first-order chi connectivity index (χ1) is 12.9. The van der Waals surface area contributed by atoms with Gasteiger partial charge in [-0.15, -0.1) is 0 Å². The van der Waals surface area contributed by atoms with Crippen molar-refractivity contribution in [3.05, 3.63) is 70.0 Å². The number of para-hydroxylation sites is 1. The van der Waals surface area contributed by atoms with Gasteiger partial charge in [0.15, 0.2) is 6.61 Å². The largest absolute Gasteiger partial charge is 0.496 e. The van der Waals surface area contributed by atoms with Crippen LogP contribution in [0.5, 0.6) is 5.75 Å². The molecule has 0 bridgehead atoms. The Morgan fingerprint density at radius 3 is 2.67 bits per heavy atom. The molecule has 6 nitrogen and oxygen atoms in total. The summed E-state index contributed by atoms with van der Waals surface area (Å²) >= 11 is 3.19. The van der Waals surface area contributed by atoms with E-state index in [0.29, 0.717) is 10.2 Å². The lowest BCUT2D eigenvalue weighted by molar-refractivity contribution is -0.143. The molecule has 0 aromatic heterocycles. The summed E-state index contributed by atoms with van der Waals surface area (Å²) in [5, 5.41) is 2.09. The third-order valence-electron chi connectivity index (χ3n) is 3.31. The summed E-state index contributed by atoms with van der Waals surface area (Å²) in [7, 11) is 1.40. The van der Waals surface area contributed by atoms with Gasteiger partial charge in [0.1, 0.15) is 11.6 Å². The van der Waals surface area contributed by atoms with Gasteiger partial charge >= 0.3 is 5.97 Å². The molecule has 2 aromatic rings. The van der Waals surface area contributed by atoms with Gasteiger partial charge in [-0.2, -0.15) is 0 Å². The van der Waals surface area contributed by atoms with Crippen LogP contribution in [0.1, 0.15) is 15.9 Å². The lowest BCUT2D eigenvalue weighted by Crippen LogP contribution is -2.34. The highest BCUT2D eigenvalue weighted by molar-refractivity contribution is 9.10. The van der Waals surface area contributed by atoms with Crippen LogP contribution in [0.25, 0.3) is 6.08 Å². The predicted octanol–water partition coefficient (Wildman–Crippen LogP) is 3.11. The summed E-state index contributed by atoms with van der Waals surface area (Å²) < 4.78 is 24.0. The van der Waals surface area contributed by atoms with Crippen LogP contribution in [0.4, 0.5) is 4.39 Å². The average Bonchev–Trinajstić information content (AvgIpc) is 2.66. The van der Waals surface area contributed by atoms with Crippen molar-refractivity contribution in [2.75, 3.05) is 13.7 Å². The second-order valence-corrected chi connectivity index (χ2v) is 6.10. The van der Waals surface area contributed by atoms with E-state index in [2.05, 4.69) is 21.2 Å². The number of esters is 1. The van der Waals surface area contributed by atoms with E-state index in [1.165, 1.54) is 37.5 Å². The van der Waals surface area contributed by atoms with Crippen LogP contribution in [-0.4, -0.2) is 31.5 Å². The van der Waals surface area contributed by atoms with Crippen LogP contribution in [0.3, 0.4) is 0 Å². The number of amides is 2. The number of carbonyl (C=O) groups excluding carboxylic acids is 3. The average molecular weight is 436 g/mol. The standard InChI is InChI=1S/C19H15BrFNO5/c1-26-16-5-3-2-4-14(16)19(25)22-17(23)11-27-18(24)9-6-12-10-13(20)7-8-15(12)21/h2-10H,11H2,1H3,(H,22,23,25)/b9-6+. The third-order valence-corrected chi connectivity index (χ3v) is 3.80. The van der Waals surface area contributed by atoms with Gasteiger partial charge in [0, 0.05) is 16.1 Å². The Morgan fingerprint density at radius 2 is 1.93 bits per heavy atom. The SMILES string of the molecule is COc1ccccc1C(=O)NC(=O)COC(=O)/C=C/c1cc(Br)ccc1F. The van der Waals surface area contributed by atoms with Crippen molar-refractivity contribution < 1.29 is 28.2 Å². The van der Waals surface area contributed by atoms with Crippen LogP contribution >= 0.6 is 15.9 Å². The Labute approximate surface area is 163 Å². The van der Waals surface area contributed by atoms with E-state index in [9.17, 15) is 18.8 Å². The molecule has 0 saturated carbocycles. The Hall–Kier alpha value is -3.00. The van der Waals surface area contributed by atoms with Gasteiger partial charge in [0.25, 0.3) is 11.8 Å². The summed E-state index contributed by atoms with van der Waals surface area (Å²) in [4.78, 5) is 35.5. The first kappa shape index (κ1) is 20.3. The molecule has 0 saturated heterocycles. The fraction of sp³-hybridized carbons (Fsp3) is 0.105. The maximum Gasteiger partial charge on any atom is 0.331 e. The molecule has 0 atom stereocenters. The van der Waals surface area contributed by atoms with Crippen LogP contribution in [0.2, 0.25) is 0 Å². The second-order valence-electron chi connectivity index (χ2n) is 5.18. The van der Waals surface area contributed by atoms with Gasteiger partial charge in [0.2, 0.25) is 0 Å². The van der Waals surface area contributed by atoms with Gasteiger partial charge in [-0.1, -0.05) is 28.1 Å². The fourth-order valence-electron chi connectivity index (χ4n) is 2.05. The number of methoxy groups -OCH3 is 1. The minimum Gasteiger partial charge on any atom is -0.496 e. The lowest BCUT2D eigenvalue weighted by atomic mass is 10.2. The highest BCUT2D eigenvalue weighted by Crippen LogP contribution is 2.17. The minimum absolute atomic E-state index is 0.171. The molecule has 1 N–H and O–H groups in total. The number of hydrogen-bond donors (Lipinski definition) is 1. The van der Waals surface area contributed by atoms with Crippen molar-refractivity contribution in [2.45, 2.75) is 0 Å². The van der Waals surface area contributed by atoms with Gasteiger partial charge < -0.3 is 9.47 Å². The fourth-order valence-corrected chi connectivity index (χ4v) is 2.43. The Morgan fingerprint density at radius 1 is 1.19 bits per heavy atom. The number of nitrogens with one attached hydrogen (secondary N) is 1. The molecule has 0 aliphatic heterocycles. The molecule has 140 valence electrons. The van der Waals surface area contributed by atoms with E-state index in [0.717, 1.165) is 6.08 Å². The van der Waals surface area contributed by atoms with Gasteiger partial charge in [-0.05, 0) is 36.4 Å². The maximum absolute atomic E-state index is 13.6. The smallest absolute Gasteiger partial charge is 0.331 e. The quantitative estimate of drug-likeness (QED) is 0.556. The monoisotopic (exact) mass is 435 g/mol. The molecule has 2 aromatic carbocycles. The number of hydrogen-bond acceptors (Lipinski definition) is 5. The summed E-state index contributed by atoms with van der Waals surface area (Å²) in [5.74, 6) is -2.54. The molecule has 2 amide bonds. The van der Waals surface area contributed by atoms with Crippen molar-refractivity contribution in [1.29, 1.82) is 0 Å². The van der Waals surface area contributed by atoms with E-state index in [-0.39, 0.29) is 11.1 Å². The molecule has 0 aliphatic carbocycles. The molecule has 0 radical (unpaired) electrons. The number of carbonyl (C=O) groups is 3. The van der Waals surface area contributed by atoms with E-state index in [1.807, 2.05) is 0 Å².